The average molecular weight is 235 g/mol. The van der Waals surface area contributed by atoms with E-state index in [0.717, 1.165) is 0 Å². The summed E-state index contributed by atoms with van der Waals surface area (Å²) in [6, 6.07) is 5.76. The zero-order valence-electron chi connectivity index (χ0n) is 9.40. The molecule has 1 aromatic rings. The third-order valence-corrected chi connectivity index (χ3v) is 2.13. The fourth-order valence-electron chi connectivity index (χ4n) is 1.35. The maximum absolute atomic E-state index is 11.7. The first-order valence-electron chi connectivity index (χ1n) is 5.22. The normalized spacial score (nSPS) is 9.71. The number of rotatable bonds is 4. The van der Waals surface area contributed by atoms with Crippen molar-refractivity contribution in [1.29, 1.82) is 0 Å². The van der Waals surface area contributed by atoms with E-state index in [-0.39, 0.29) is 17.5 Å². The number of nitrogens with one attached hydrogen (secondary N) is 1. The van der Waals surface area contributed by atoms with Gasteiger partial charge in [-0.25, -0.2) is 4.79 Å². The minimum atomic E-state index is -1.20. The van der Waals surface area contributed by atoms with Gasteiger partial charge in [0.2, 0.25) is 5.91 Å². The van der Waals surface area contributed by atoms with E-state index in [0.29, 0.717) is 6.42 Å². The lowest BCUT2D eigenvalue weighted by Crippen LogP contribution is -2.31. The Morgan fingerprint density at radius 2 is 1.76 bits per heavy atom. The molecule has 0 spiro atoms. The molecule has 0 radical (unpaired) electrons. The van der Waals surface area contributed by atoms with Gasteiger partial charge < -0.3 is 5.11 Å². The van der Waals surface area contributed by atoms with Gasteiger partial charge in [0.1, 0.15) is 0 Å². The first kappa shape index (κ1) is 12.9. The Hall–Kier alpha value is -2.17. The van der Waals surface area contributed by atoms with Crippen molar-refractivity contribution in [2.24, 2.45) is 0 Å². The van der Waals surface area contributed by atoms with Crippen LogP contribution in [0.15, 0.2) is 24.3 Å². The van der Waals surface area contributed by atoms with E-state index in [1.165, 1.54) is 18.2 Å². The first-order chi connectivity index (χ1) is 8.06. The summed E-state index contributed by atoms with van der Waals surface area (Å²) >= 11 is 0. The molecule has 0 aliphatic carbocycles. The number of hydrogen-bond donors (Lipinski definition) is 2. The van der Waals surface area contributed by atoms with E-state index in [1.54, 1.807) is 6.07 Å². The molecule has 17 heavy (non-hydrogen) atoms. The first-order valence-corrected chi connectivity index (χ1v) is 5.22. The zero-order valence-corrected chi connectivity index (χ0v) is 9.40. The quantitative estimate of drug-likeness (QED) is 0.827. The summed E-state index contributed by atoms with van der Waals surface area (Å²) in [5.74, 6) is -2.28. The Morgan fingerprint density at radius 1 is 1.18 bits per heavy atom. The molecule has 2 N–H and O–H groups in total. The van der Waals surface area contributed by atoms with Crippen LogP contribution in [0.4, 0.5) is 0 Å². The monoisotopic (exact) mass is 235 g/mol. The van der Waals surface area contributed by atoms with E-state index in [1.807, 2.05) is 6.92 Å². The van der Waals surface area contributed by atoms with Crippen LogP contribution in [-0.4, -0.2) is 22.9 Å². The standard InChI is InChI=1S/C12H13NO4/c1-2-5-10(14)13-11(15)8-6-3-4-7-9(8)12(16)17/h3-4,6-7H,2,5H2,1H3,(H,16,17)(H,13,14,15). The predicted molar refractivity (Wildman–Crippen MR) is 60.8 cm³/mol. The number of imide groups is 1. The molecule has 90 valence electrons. The molecule has 0 heterocycles. The van der Waals surface area contributed by atoms with Crippen molar-refractivity contribution in [2.75, 3.05) is 0 Å². The van der Waals surface area contributed by atoms with Crippen molar-refractivity contribution >= 4 is 17.8 Å². The molecular weight excluding hydrogens is 222 g/mol. The predicted octanol–water partition coefficient (Wildman–Crippen LogP) is 1.44. The summed E-state index contributed by atoms with van der Waals surface area (Å²) in [6.45, 7) is 1.81. The van der Waals surface area contributed by atoms with Gasteiger partial charge in [-0.1, -0.05) is 19.1 Å². The number of carbonyl (C=O) groups excluding carboxylic acids is 2. The number of benzene rings is 1. The lowest BCUT2D eigenvalue weighted by atomic mass is 10.1. The zero-order chi connectivity index (χ0) is 12.8. The van der Waals surface area contributed by atoms with Gasteiger partial charge in [0.15, 0.2) is 0 Å². The molecule has 0 saturated heterocycles. The maximum atomic E-state index is 11.7. The molecule has 0 aliphatic rings. The van der Waals surface area contributed by atoms with Gasteiger partial charge in [0.05, 0.1) is 11.1 Å². The minimum Gasteiger partial charge on any atom is -0.478 e. The number of carboxylic acid groups (broad SMARTS) is 1. The summed E-state index contributed by atoms with van der Waals surface area (Å²) in [6.07, 6.45) is 0.862. The fraction of sp³-hybridized carbons (Fsp3) is 0.250. The molecule has 0 unspecified atom stereocenters. The van der Waals surface area contributed by atoms with Gasteiger partial charge in [-0.05, 0) is 18.6 Å². The van der Waals surface area contributed by atoms with Crippen LogP contribution in [-0.2, 0) is 4.79 Å². The molecule has 0 bridgehead atoms. The molecule has 0 aromatic heterocycles. The summed E-state index contributed by atoms with van der Waals surface area (Å²) in [5, 5.41) is 11.0. The van der Waals surface area contributed by atoms with Crippen LogP contribution in [0.2, 0.25) is 0 Å². The van der Waals surface area contributed by atoms with Crippen LogP contribution in [0.25, 0.3) is 0 Å². The van der Waals surface area contributed by atoms with Gasteiger partial charge in [-0.2, -0.15) is 0 Å². The second-order valence-electron chi connectivity index (χ2n) is 3.48. The summed E-state index contributed by atoms with van der Waals surface area (Å²) < 4.78 is 0. The summed E-state index contributed by atoms with van der Waals surface area (Å²) in [7, 11) is 0. The number of amides is 2. The van der Waals surface area contributed by atoms with E-state index in [4.69, 9.17) is 5.11 Å². The third-order valence-electron chi connectivity index (χ3n) is 2.13. The average Bonchev–Trinajstić information content (AvgIpc) is 2.29. The molecule has 5 nitrogen and oxygen atoms in total. The molecule has 0 fully saturated rings. The van der Waals surface area contributed by atoms with Crippen LogP contribution in [0.5, 0.6) is 0 Å². The van der Waals surface area contributed by atoms with Crippen molar-refractivity contribution < 1.29 is 19.5 Å². The van der Waals surface area contributed by atoms with Gasteiger partial charge >= 0.3 is 5.97 Å². The molecule has 0 atom stereocenters. The van der Waals surface area contributed by atoms with Gasteiger partial charge in [0.25, 0.3) is 5.91 Å². The molecular formula is C12H13NO4. The highest BCUT2D eigenvalue weighted by molar-refractivity contribution is 6.10. The third kappa shape index (κ3) is 3.41. The van der Waals surface area contributed by atoms with E-state index < -0.39 is 17.8 Å². The number of carbonyl (C=O) groups is 3. The summed E-state index contributed by atoms with van der Waals surface area (Å²) in [4.78, 5) is 33.8. The van der Waals surface area contributed by atoms with Crippen LogP contribution in [0.3, 0.4) is 0 Å². The second kappa shape index (κ2) is 5.79. The number of carboxylic acids is 1. The molecule has 0 aliphatic heterocycles. The second-order valence-corrected chi connectivity index (χ2v) is 3.48. The van der Waals surface area contributed by atoms with Crippen LogP contribution >= 0.6 is 0 Å². The Balaban J connectivity index is 2.89. The highest BCUT2D eigenvalue weighted by Gasteiger charge is 2.17. The van der Waals surface area contributed by atoms with Gasteiger partial charge in [-0.15, -0.1) is 0 Å². The van der Waals surface area contributed by atoms with Crippen molar-refractivity contribution in [2.45, 2.75) is 19.8 Å². The van der Waals surface area contributed by atoms with Crippen molar-refractivity contribution in [3.05, 3.63) is 35.4 Å². The lowest BCUT2D eigenvalue weighted by Gasteiger charge is -2.05. The number of hydrogen-bond acceptors (Lipinski definition) is 3. The number of aromatic carboxylic acids is 1. The van der Waals surface area contributed by atoms with Crippen LogP contribution < -0.4 is 5.32 Å². The fourth-order valence-corrected chi connectivity index (χ4v) is 1.35. The van der Waals surface area contributed by atoms with Crippen molar-refractivity contribution in [1.82, 2.24) is 5.32 Å². The Bertz CT molecular complexity index is 454. The summed E-state index contributed by atoms with van der Waals surface area (Å²) in [5.41, 5.74) is -0.126. The van der Waals surface area contributed by atoms with Crippen LogP contribution in [0.1, 0.15) is 40.5 Å². The molecule has 5 heteroatoms. The highest BCUT2D eigenvalue weighted by atomic mass is 16.4. The van der Waals surface area contributed by atoms with E-state index in [2.05, 4.69) is 5.32 Å². The SMILES string of the molecule is CCCC(=O)NC(=O)c1ccccc1C(=O)O. The minimum absolute atomic E-state index is 0.00977. The molecule has 1 rings (SSSR count). The lowest BCUT2D eigenvalue weighted by molar-refractivity contribution is -0.120. The van der Waals surface area contributed by atoms with Gasteiger partial charge in [-0.3, -0.25) is 14.9 Å². The largest absolute Gasteiger partial charge is 0.478 e. The topological polar surface area (TPSA) is 83.5 Å². The van der Waals surface area contributed by atoms with Gasteiger partial charge in [0, 0.05) is 6.42 Å². The molecule has 0 saturated carbocycles. The Morgan fingerprint density at radius 3 is 2.29 bits per heavy atom. The van der Waals surface area contributed by atoms with Crippen molar-refractivity contribution in [3.63, 3.8) is 0 Å². The van der Waals surface area contributed by atoms with E-state index >= 15 is 0 Å². The maximum Gasteiger partial charge on any atom is 0.336 e. The van der Waals surface area contributed by atoms with Crippen molar-refractivity contribution in [3.8, 4) is 0 Å². The Kier molecular flexibility index (Phi) is 4.39. The van der Waals surface area contributed by atoms with Crippen LogP contribution in [0, 0.1) is 0 Å². The Labute approximate surface area is 98.4 Å². The molecule has 1 aromatic carbocycles. The smallest absolute Gasteiger partial charge is 0.336 e. The van der Waals surface area contributed by atoms with E-state index in [9.17, 15) is 14.4 Å². The highest BCUT2D eigenvalue weighted by Crippen LogP contribution is 2.08. The molecule has 2 amide bonds.